The molecule has 1 fully saturated rings. The van der Waals surface area contributed by atoms with Gasteiger partial charge in [-0.15, -0.1) is 0 Å². The summed E-state index contributed by atoms with van der Waals surface area (Å²) in [6.45, 7) is 4.03. The van der Waals surface area contributed by atoms with Crippen LogP contribution in [0.3, 0.4) is 0 Å². The van der Waals surface area contributed by atoms with Crippen LogP contribution >= 0.6 is 0 Å². The molecule has 1 aromatic heterocycles. The number of nitrogens with one attached hydrogen (secondary N) is 1. The molecule has 1 aliphatic heterocycles. The van der Waals surface area contributed by atoms with Gasteiger partial charge in [-0.05, 0) is 41.0 Å². The SMILES string of the molecule is O=C(NC(CN1CCOCC1)c1ccccc1)c1ccc(-c2ccncc2)cc1. The molecule has 0 radical (unpaired) electrons. The molecule has 1 saturated heterocycles. The topological polar surface area (TPSA) is 54.5 Å². The second-order valence-corrected chi connectivity index (χ2v) is 7.16. The lowest BCUT2D eigenvalue weighted by atomic mass is 10.0. The first-order valence-electron chi connectivity index (χ1n) is 9.96. The van der Waals surface area contributed by atoms with Crippen LogP contribution in [0.1, 0.15) is 22.0 Å². The molecular weight excluding hydrogens is 362 g/mol. The van der Waals surface area contributed by atoms with E-state index in [-0.39, 0.29) is 11.9 Å². The van der Waals surface area contributed by atoms with Gasteiger partial charge < -0.3 is 10.1 Å². The molecule has 5 nitrogen and oxygen atoms in total. The number of rotatable bonds is 6. The van der Waals surface area contributed by atoms with E-state index in [1.165, 1.54) is 0 Å². The van der Waals surface area contributed by atoms with Crippen molar-refractivity contribution in [3.05, 3.63) is 90.3 Å². The summed E-state index contributed by atoms with van der Waals surface area (Å²) < 4.78 is 5.45. The van der Waals surface area contributed by atoms with Crippen LogP contribution in [-0.2, 0) is 4.74 Å². The smallest absolute Gasteiger partial charge is 0.251 e. The molecule has 0 bridgehead atoms. The standard InChI is InChI=1S/C24H25N3O2/c28-24(22-8-6-19(7-9-22)20-10-12-25-13-11-20)26-23(21-4-2-1-3-5-21)18-27-14-16-29-17-15-27/h1-13,23H,14-18H2,(H,26,28). The molecule has 1 N–H and O–H groups in total. The lowest BCUT2D eigenvalue weighted by Crippen LogP contribution is -2.43. The summed E-state index contributed by atoms with van der Waals surface area (Å²) in [5, 5.41) is 3.22. The van der Waals surface area contributed by atoms with E-state index >= 15 is 0 Å². The maximum absolute atomic E-state index is 13.0. The van der Waals surface area contributed by atoms with Gasteiger partial charge in [-0.25, -0.2) is 0 Å². The van der Waals surface area contributed by atoms with Crippen molar-refractivity contribution in [3.63, 3.8) is 0 Å². The summed E-state index contributed by atoms with van der Waals surface area (Å²) in [5.74, 6) is -0.0617. The van der Waals surface area contributed by atoms with E-state index in [1.807, 2.05) is 54.6 Å². The average Bonchev–Trinajstić information content (AvgIpc) is 2.80. The monoisotopic (exact) mass is 387 g/mol. The number of ether oxygens (including phenoxy) is 1. The fraction of sp³-hybridized carbons (Fsp3) is 0.250. The van der Waals surface area contributed by atoms with Gasteiger partial charge in [-0.1, -0.05) is 42.5 Å². The number of hydrogen-bond donors (Lipinski definition) is 1. The number of morpholine rings is 1. The number of nitrogens with zero attached hydrogens (tertiary/aromatic N) is 2. The van der Waals surface area contributed by atoms with Crippen LogP contribution in [0.2, 0.25) is 0 Å². The number of hydrogen-bond acceptors (Lipinski definition) is 4. The minimum absolute atomic E-state index is 0.0617. The Morgan fingerprint density at radius 1 is 0.931 bits per heavy atom. The lowest BCUT2D eigenvalue weighted by Gasteiger charge is -2.31. The third-order valence-electron chi connectivity index (χ3n) is 5.21. The van der Waals surface area contributed by atoms with Gasteiger partial charge in [-0.3, -0.25) is 14.7 Å². The summed E-state index contributed by atoms with van der Waals surface area (Å²) in [4.78, 5) is 19.3. The first-order chi connectivity index (χ1) is 14.3. The minimum atomic E-state index is -0.0679. The lowest BCUT2D eigenvalue weighted by molar-refractivity contribution is 0.0332. The van der Waals surface area contributed by atoms with Crippen LogP contribution < -0.4 is 5.32 Å². The van der Waals surface area contributed by atoms with Crippen LogP contribution in [0, 0.1) is 0 Å². The molecular formula is C24H25N3O2. The second-order valence-electron chi connectivity index (χ2n) is 7.16. The quantitative estimate of drug-likeness (QED) is 0.703. The normalized spacial score (nSPS) is 15.6. The fourth-order valence-electron chi connectivity index (χ4n) is 3.56. The van der Waals surface area contributed by atoms with Crippen LogP contribution in [0.5, 0.6) is 0 Å². The molecule has 0 saturated carbocycles. The Bertz CT molecular complexity index is 908. The van der Waals surface area contributed by atoms with Crippen LogP contribution in [0.4, 0.5) is 0 Å². The number of aromatic nitrogens is 1. The van der Waals surface area contributed by atoms with Gasteiger partial charge in [0, 0.05) is 37.6 Å². The molecule has 148 valence electrons. The minimum Gasteiger partial charge on any atom is -0.379 e. The molecule has 0 aliphatic carbocycles. The highest BCUT2D eigenvalue weighted by Gasteiger charge is 2.20. The zero-order chi connectivity index (χ0) is 19.9. The highest BCUT2D eigenvalue weighted by molar-refractivity contribution is 5.95. The Morgan fingerprint density at radius 2 is 1.59 bits per heavy atom. The zero-order valence-corrected chi connectivity index (χ0v) is 16.3. The largest absolute Gasteiger partial charge is 0.379 e. The van der Waals surface area contributed by atoms with Crippen molar-refractivity contribution in [2.24, 2.45) is 0 Å². The summed E-state index contributed by atoms with van der Waals surface area (Å²) in [6.07, 6.45) is 3.54. The molecule has 0 spiro atoms. The Kier molecular flexibility index (Phi) is 6.29. The van der Waals surface area contributed by atoms with Gasteiger partial charge in [0.25, 0.3) is 5.91 Å². The Hall–Kier alpha value is -3.02. The van der Waals surface area contributed by atoms with E-state index in [0.29, 0.717) is 5.56 Å². The van der Waals surface area contributed by atoms with Gasteiger partial charge in [0.05, 0.1) is 19.3 Å². The van der Waals surface area contributed by atoms with Crippen LogP contribution in [-0.4, -0.2) is 48.6 Å². The number of amides is 1. The molecule has 4 rings (SSSR count). The Balaban J connectivity index is 1.48. The number of carbonyl (C=O) groups excluding carboxylic acids is 1. The van der Waals surface area contributed by atoms with Gasteiger partial charge in [0.15, 0.2) is 0 Å². The predicted molar refractivity (Wildman–Crippen MR) is 114 cm³/mol. The molecule has 1 atom stereocenters. The van der Waals surface area contributed by atoms with Gasteiger partial charge >= 0.3 is 0 Å². The molecule has 1 unspecified atom stereocenters. The third kappa shape index (κ3) is 5.08. The molecule has 1 aliphatic rings. The predicted octanol–water partition coefficient (Wildman–Crippen LogP) is 3.55. The van der Waals surface area contributed by atoms with E-state index in [0.717, 1.165) is 49.5 Å². The van der Waals surface area contributed by atoms with Crippen molar-refractivity contribution in [3.8, 4) is 11.1 Å². The van der Waals surface area contributed by atoms with Gasteiger partial charge in [0.1, 0.15) is 0 Å². The van der Waals surface area contributed by atoms with Crippen molar-refractivity contribution < 1.29 is 9.53 Å². The van der Waals surface area contributed by atoms with E-state index in [2.05, 4.69) is 27.3 Å². The fourth-order valence-corrected chi connectivity index (χ4v) is 3.56. The summed E-state index contributed by atoms with van der Waals surface area (Å²) in [5.41, 5.74) is 3.92. The maximum Gasteiger partial charge on any atom is 0.251 e. The molecule has 3 aromatic rings. The Morgan fingerprint density at radius 3 is 2.28 bits per heavy atom. The van der Waals surface area contributed by atoms with Gasteiger partial charge in [-0.2, -0.15) is 0 Å². The summed E-state index contributed by atoms with van der Waals surface area (Å²) in [7, 11) is 0. The summed E-state index contributed by atoms with van der Waals surface area (Å²) in [6, 6.07) is 21.7. The molecule has 2 aromatic carbocycles. The highest BCUT2D eigenvalue weighted by atomic mass is 16.5. The average molecular weight is 387 g/mol. The van der Waals surface area contributed by atoms with E-state index in [1.54, 1.807) is 12.4 Å². The number of benzene rings is 2. The van der Waals surface area contributed by atoms with Crippen molar-refractivity contribution >= 4 is 5.91 Å². The first-order valence-corrected chi connectivity index (χ1v) is 9.96. The molecule has 29 heavy (non-hydrogen) atoms. The van der Waals surface area contributed by atoms with E-state index in [4.69, 9.17) is 4.74 Å². The van der Waals surface area contributed by atoms with Gasteiger partial charge in [0.2, 0.25) is 0 Å². The van der Waals surface area contributed by atoms with Crippen molar-refractivity contribution in [2.75, 3.05) is 32.8 Å². The van der Waals surface area contributed by atoms with E-state index in [9.17, 15) is 4.79 Å². The summed E-state index contributed by atoms with van der Waals surface area (Å²) >= 11 is 0. The second kappa shape index (κ2) is 9.45. The molecule has 1 amide bonds. The Labute approximate surface area is 171 Å². The first kappa shape index (κ1) is 19.3. The highest BCUT2D eigenvalue weighted by Crippen LogP contribution is 2.20. The number of pyridine rings is 1. The third-order valence-corrected chi connectivity index (χ3v) is 5.21. The van der Waals surface area contributed by atoms with E-state index < -0.39 is 0 Å². The van der Waals surface area contributed by atoms with Crippen LogP contribution in [0.25, 0.3) is 11.1 Å². The molecule has 2 heterocycles. The van der Waals surface area contributed by atoms with Crippen molar-refractivity contribution in [1.29, 1.82) is 0 Å². The zero-order valence-electron chi connectivity index (χ0n) is 16.3. The number of carbonyl (C=O) groups is 1. The maximum atomic E-state index is 13.0. The van der Waals surface area contributed by atoms with Crippen molar-refractivity contribution in [1.82, 2.24) is 15.2 Å². The van der Waals surface area contributed by atoms with Crippen molar-refractivity contribution in [2.45, 2.75) is 6.04 Å². The van der Waals surface area contributed by atoms with Crippen LogP contribution in [0.15, 0.2) is 79.1 Å². The molecule has 5 heteroatoms.